The zero-order valence-corrected chi connectivity index (χ0v) is 7.47. The molecular formula is C8H16F2N2O. The molecule has 3 nitrogen and oxygen atoms in total. The molecule has 1 aliphatic carbocycles. The molecule has 1 aliphatic rings. The quantitative estimate of drug-likeness (QED) is 0.594. The molecule has 0 heterocycles. The van der Waals surface area contributed by atoms with E-state index in [0.717, 1.165) is 19.3 Å². The fourth-order valence-electron chi connectivity index (χ4n) is 1.55. The second-order valence-corrected chi connectivity index (χ2v) is 3.67. The molecular weight excluding hydrogens is 178 g/mol. The number of hydrogen-bond acceptors (Lipinski definition) is 3. The Morgan fingerprint density at radius 1 is 1.46 bits per heavy atom. The van der Waals surface area contributed by atoms with Crippen LogP contribution < -0.4 is 11.1 Å². The largest absolute Gasteiger partial charge is 0.390 e. The molecule has 4 N–H and O–H groups in total. The van der Waals surface area contributed by atoms with Crippen LogP contribution >= 0.6 is 0 Å². The predicted molar refractivity (Wildman–Crippen MR) is 45.6 cm³/mol. The summed E-state index contributed by atoms with van der Waals surface area (Å²) in [5, 5.41) is 11.0. The number of aliphatic hydroxyl groups is 1. The first-order valence-electron chi connectivity index (χ1n) is 4.51. The smallest absolute Gasteiger partial charge is 0.282 e. The lowest BCUT2D eigenvalue weighted by molar-refractivity contribution is -0.0492. The van der Waals surface area contributed by atoms with Gasteiger partial charge in [-0.15, -0.1) is 0 Å². The Balaban J connectivity index is 2.19. The highest BCUT2D eigenvalue weighted by atomic mass is 19.3. The number of nitrogens with two attached hydrogens (primary N) is 1. The Hall–Kier alpha value is -0.260. The molecule has 2 unspecified atom stereocenters. The van der Waals surface area contributed by atoms with Gasteiger partial charge in [-0.25, -0.2) is 8.78 Å². The molecule has 0 aromatic carbocycles. The van der Waals surface area contributed by atoms with Crippen molar-refractivity contribution >= 4 is 0 Å². The van der Waals surface area contributed by atoms with Crippen LogP contribution in [-0.2, 0) is 0 Å². The van der Waals surface area contributed by atoms with Gasteiger partial charge in [0.25, 0.3) is 5.92 Å². The highest BCUT2D eigenvalue weighted by Gasteiger charge is 2.30. The van der Waals surface area contributed by atoms with E-state index in [2.05, 4.69) is 5.32 Å². The molecule has 0 aliphatic heterocycles. The maximum absolute atomic E-state index is 12.6. The predicted octanol–water partition coefficient (Wildman–Crippen LogP) is 0.0834. The standard InChI is InChI=1S/C8H16F2N2O/c9-8(10,5-13)4-12-7-2-1-6(11)3-7/h6-7,12-13H,1-5,11H2. The van der Waals surface area contributed by atoms with Gasteiger partial charge in [-0.05, 0) is 19.3 Å². The van der Waals surface area contributed by atoms with Crippen molar-refractivity contribution < 1.29 is 13.9 Å². The summed E-state index contributed by atoms with van der Waals surface area (Å²) >= 11 is 0. The van der Waals surface area contributed by atoms with E-state index in [0.29, 0.717) is 0 Å². The van der Waals surface area contributed by atoms with Gasteiger partial charge in [0.15, 0.2) is 0 Å². The van der Waals surface area contributed by atoms with E-state index in [9.17, 15) is 8.78 Å². The summed E-state index contributed by atoms with van der Waals surface area (Å²) in [6.45, 7) is -1.56. The van der Waals surface area contributed by atoms with Crippen LogP contribution in [0, 0.1) is 0 Å². The Morgan fingerprint density at radius 2 is 2.15 bits per heavy atom. The SMILES string of the molecule is NC1CCC(NCC(F)(F)CO)C1. The van der Waals surface area contributed by atoms with Gasteiger partial charge in [-0.1, -0.05) is 0 Å². The zero-order chi connectivity index (χ0) is 9.90. The summed E-state index contributed by atoms with van der Waals surface area (Å²) in [7, 11) is 0. The number of rotatable bonds is 4. The van der Waals surface area contributed by atoms with Crippen LogP contribution in [0.4, 0.5) is 8.78 Å². The summed E-state index contributed by atoms with van der Waals surface area (Å²) in [5.41, 5.74) is 5.62. The topological polar surface area (TPSA) is 58.3 Å². The highest BCUT2D eigenvalue weighted by molar-refractivity contribution is 4.84. The molecule has 5 heteroatoms. The minimum Gasteiger partial charge on any atom is -0.390 e. The van der Waals surface area contributed by atoms with Crippen LogP contribution in [0.2, 0.25) is 0 Å². The Bertz CT molecular complexity index is 166. The fraction of sp³-hybridized carbons (Fsp3) is 1.00. The second kappa shape index (κ2) is 4.30. The lowest BCUT2D eigenvalue weighted by Crippen LogP contribution is -2.40. The van der Waals surface area contributed by atoms with Crippen molar-refractivity contribution in [3.8, 4) is 0 Å². The van der Waals surface area contributed by atoms with Crippen molar-refractivity contribution in [1.82, 2.24) is 5.32 Å². The van der Waals surface area contributed by atoms with E-state index >= 15 is 0 Å². The monoisotopic (exact) mass is 194 g/mol. The molecule has 0 bridgehead atoms. The van der Waals surface area contributed by atoms with E-state index in [-0.39, 0.29) is 12.1 Å². The molecule has 1 rings (SSSR count). The molecule has 0 radical (unpaired) electrons. The lowest BCUT2D eigenvalue weighted by Gasteiger charge is -2.17. The van der Waals surface area contributed by atoms with Crippen LogP contribution in [0.5, 0.6) is 0 Å². The molecule has 0 aromatic heterocycles. The number of halogens is 2. The Labute approximate surface area is 76.3 Å². The third-order valence-corrected chi connectivity index (χ3v) is 2.35. The minimum atomic E-state index is -3.01. The van der Waals surface area contributed by atoms with E-state index in [1.807, 2.05) is 0 Å². The first kappa shape index (κ1) is 10.8. The molecule has 13 heavy (non-hydrogen) atoms. The Morgan fingerprint density at radius 3 is 2.62 bits per heavy atom. The van der Waals surface area contributed by atoms with E-state index in [4.69, 9.17) is 10.8 Å². The van der Waals surface area contributed by atoms with Gasteiger partial charge in [0.05, 0.1) is 6.54 Å². The van der Waals surface area contributed by atoms with Crippen LogP contribution in [-0.4, -0.2) is 36.3 Å². The van der Waals surface area contributed by atoms with Crippen molar-refractivity contribution in [2.45, 2.75) is 37.3 Å². The molecule has 1 saturated carbocycles. The number of alkyl halides is 2. The van der Waals surface area contributed by atoms with Gasteiger partial charge in [-0.3, -0.25) is 0 Å². The first-order valence-corrected chi connectivity index (χ1v) is 4.51. The van der Waals surface area contributed by atoms with Crippen LogP contribution in [0.3, 0.4) is 0 Å². The van der Waals surface area contributed by atoms with Gasteiger partial charge < -0.3 is 16.2 Å². The average Bonchev–Trinajstić information content (AvgIpc) is 2.48. The summed E-state index contributed by atoms with van der Waals surface area (Å²) < 4.78 is 25.1. The molecule has 1 fully saturated rings. The average molecular weight is 194 g/mol. The van der Waals surface area contributed by atoms with Crippen molar-refractivity contribution in [3.05, 3.63) is 0 Å². The van der Waals surface area contributed by atoms with Gasteiger partial charge in [0, 0.05) is 12.1 Å². The molecule has 0 saturated heterocycles. The molecule has 0 spiro atoms. The van der Waals surface area contributed by atoms with Crippen molar-refractivity contribution in [2.24, 2.45) is 5.73 Å². The second-order valence-electron chi connectivity index (χ2n) is 3.67. The van der Waals surface area contributed by atoms with Crippen molar-refractivity contribution in [2.75, 3.05) is 13.2 Å². The van der Waals surface area contributed by atoms with E-state index < -0.39 is 19.1 Å². The summed E-state index contributed by atoms with van der Waals surface area (Å²) in [6.07, 6.45) is 2.49. The van der Waals surface area contributed by atoms with Gasteiger partial charge >= 0.3 is 0 Å². The fourth-order valence-corrected chi connectivity index (χ4v) is 1.55. The van der Waals surface area contributed by atoms with Gasteiger partial charge in [0.1, 0.15) is 6.61 Å². The van der Waals surface area contributed by atoms with Crippen molar-refractivity contribution in [3.63, 3.8) is 0 Å². The first-order chi connectivity index (χ1) is 6.03. The van der Waals surface area contributed by atoms with Crippen molar-refractivity contribution in [1.29, 1.82) is 0 Å². The van der Waals surface area contributed by atoms with E-state index in [1.54, 1.807) is 0 Å². The highest BCUT2D eigenvalue weighted by Crippen LogP contribution is 2.18. The minimum absolute atomic E-state index is 0.0902. The maximum atomic E-state index is 12.6. The molecule has 2 atom stereocenters. The van der Waals surface area contributed by atoms with Crippen LogP contribution in [0.1, 0.15) is 19.3 Å². The van der Waals surface area contributed by atoms with Gasteiger partial charge in [-0.2, -0.15) is 0 Å². The zero-order valence-electron chi connectivity index (χ0n) is 7.47. The maximum Gasteiger partial charge on any atom is 0.282 e. The molecule has 78 valence electrons. The molecule has 0 amide bonds. The number of hydrogen-bond donors (Lipinski definition) is 3. The normalized spacial score (nSPS) is 29.5. The lowest BCUT2D eigenvalue weighted by atomic mass is 10.2. The summed E-state index contributed by atoms with van der Waals surface area (Å²) in [4.78, 5) is 0. The Kier molecular flexibility index (Phi) is 3.58. The van der Waals surface area contributed by atoms with Gasteiger partial charge in [0.2, 0.25) is 0 Å². The van der Waals surface area contributed by atoms with Crippen LogP contribution in [0.15, 0.2) is 0 Å². The number of nitrogens with one attached hydrogen (secondary N) is 1. The third-order valence-electron chi connectivity index (χ3n) is 2.35. The third kappa shape index (κ3) is 3.54. The summed E-state index contributed by atoms with van der Waals surface area (Å²) in [6, 6.07) is 0.229. The van der Waals surface area contributed by atoms with E-state index in [1.165, 1.54) is 0 Å². The molecule has 0 aromatic rings. The van der Waals surface area contributed by atoms with Crippen LogP contribution in [0.25, 0.3) is 0 Å². The number of aliphatic hydroxyl groups excluding tert-OH is 1. The summed E-state index contributed by atoms with van der Waals surface area (Å²) in [5.74, 6) is -3.01.